The summed E-state index contributed by atoms with van der Waals surface area (Å²) in [6, 6.07) is 14.4. The molecule has 1 heterocycles. The second-order valence-corrected chi connectivity index (χ2v) is 3.41. The van der Waals surface area contributed by atoms with Crippen LogP contribution in [0.3, 0.4) is 0 Å². The van der Waals surface area contributed by atoms with Crippen LogP contribution in [0.2, 0.25) is 0 Å². The second kappa shape index (κ2) is 5.77. The first-order valence-electron chi connectivity index (χ1n) is 5.23. The van der Waals surface area contributed by atoms with E-state index in [1.54, 1.807) is 30.5 Å². The summed E-state index contributed by atoms with van der Waals surface area (Å²) >= 11 is 0. The van der Waals surface area contributed by atoms with Crippen LogP contribution in [0.1, 0.15) is 16.1 Å². The Hall–Kier alpha value is -2.20. The van der Waals surface area contributed by atoms with Crippen LogP contribution in [-0.2, 0) is 11.4 Å². The number of amides is 1. The zero-order valence-corrected chi connectivity index (χ0v) is 9.17. The molecule has 0 fully saturated rings. The molecule has 1 aromatic heterocycles. The van der Waals surface area contributed by atoms with Crippen molar-refractivity contribution in [3.8, 4) is 0 Å². The highest BCUT2D eigenvalue weighted by molar-refractivity contribution is 5.93. The van der Waals surface area contributed by atoms with Gasteiger partial charge in [-0.05, 0) is 24.3 Å². The molecule has 0 aliphatic carbocycles. The van der Waals surface area contributed by atoms with Crippen LogP contribution in [0.25, 0.3) is 0 Å². The van der Waals surface area contributed by atoms with Gasteiger partial charge in [-0.3, -0.25) is 14.6 Å². The Morgan fingerprint density at radius 1 is 1.12 bits per heavy atom. The first kappa shape index (κ1) is 11.3. The van der Waals surface area contributed by atoms with E-state index in [1.807, 2.05) is 24.3 Å². The molecule has 86 valence electrons. The number of rotatable bonds is 4. The molecule has 1 N–H and O–H groups in total. The van der Waals surface area contributed by atoms with Gasteiger partial charge in [-0.1, -0.05) is 24.3 Å². The van der Waals surface area contributed by atoms with E-state index in [0.717, 1.165) is 5.69 Å². The molecule has 2 rings (SSSR count). The third-order valence-electron chi connectivity index (χ3n) is 2.15. The molecule has 17 heavy (non-hydrogen) atoms. The van der Waals surface area contributed by atoms with E-state index < -0.39 is 0 Å². The predicted octanol–water partition coefficient (Wildman–Crippen LogP) is 1.94. The maximum Gasteiger partial charge on any atom is 0.274 e. The van der Waals surface area contributed by atoms with E-state index >= 15 is 0 Å². The largest absolute Gasteiger partial charge is 0.274 e. The lowest BCUT2D eigenvalue weighted by molar-refractivity contribution is 0.0222. The van der Waals surface area contributed by atoms with Crippen LogP contribution in [0.15, 0.2) is 54.7 Å². The van der Waals surface area contributed by atoms with Crippen molar-refractivity contribution >= 4 is 5.91 Å². The fourth-order valence-electron chi connectivity index (χ4n) is 1.31. The molecule has 0 bridgehead atoms. The SMILES string of the molecule is O=C(NOCc1ccccn1)c1ccccc1. The number of carbonyl (C=O) groups excluding carboxylic acids is 1. The minimum Gasteiger partial charge on any atom is -0.267 e. The van der Waals surface area contributed by atoms with Crippen molar-refractivity contribution in [1.82, 2.24) is 10.5 Å². The summed E-state index contributed by atoms with van der Waals surface area (Å²) in [7, 11) is 0. The topological polar surface area (TPSA) is 51.2 Å². The van der Waals surface area contributed by atoms with E-state index in [4.69, 9.17) is 4.84 Å². The Morgan fingerprint density at radius 2 is 1.88 bits per heavy atom. The van der Waals surface area contributed by atoms with E-state index in [-0.39, 0.29) is 12.5 Å². The van der Waals surface area contributed by atoms with Gasteiger partial charge in [0.15, 0.2) is 0 Å². The van der Waals surface area contributed by atoms with Crippen molar-refractivity contribution in [3.05, 3.63) is 66.0 Å². The summed E-state index contributed by atoms with van der Waals surface area (Å²) in [5.41, 5.74) is 3.70. The van der Waals surface area contributed by atoms with Gasteiger partial charge in [-0.15, -0.1) is 0 Å². The molecule has 1 aromatic carbocycles. The van der Waals surface area contributed by atoms with Crippen molar-refractivity contribution in [2.45, 2.75) is 6.61 Å². The minimum atomic E-state index is -0.262. The number of aromatic nitrogens is 1. The standard InChI is InChI=1S/C13H12N2O2/c16-13(11-6-2-1-3-7-11)15-17-10-12-8-4-5-9-14-12/h1-9H,10H2,(H,15,16). The molecular weight excluding hydrogens is 216 g/mol. The van der Waals surface area contributed by atoms with Crippen molar-refractivity contribution in [2.75, 3.05) is 0 Å². The molecule has 4 heteroatoms. The van der Waals surface area contributed by atoms with Crippen LogP contribution in [0.4, 0.5) is 0 Å². The Labute approximate surface area is 99.2 Å². The van der Waals surface area contributed by atoms with E-state index in [9.17, 15) is 4.79 Å². The monoisotopic (exact) mass is 228 g/mol. The average molecular weight is 228 g/mol. The fraction of sp³-hybridized carbons (Fsp3) is 0.0769. The molecule has 0 aliphatic rings. The van der Waals surface area contributed by atoms with Crippen molar-refractivity contribution in [2.24, 2.45) is 0 Å². The Kier molecular flexibility index (Phi) is 3.83. The quantitative estimate of drug-likeness (QED) is 0.814. The van der Waals surface area contributed by atoms with Gasteiger partial charge in [0.05, 0.1) is 5.69 Å². The van der Waals surface area contributed by atoms with Crippen LogP contribution >= 0.6 is 0 Å². The van der Waals surface area contributed by atoms with Crippen LogP contribution < -0.4 is 5.48 Å². The van der Waals surface area contributed by atoms with Gasteiger partial charge < -0.3 is 0 Å². The highest BCUT2D eigenvalue weighted by Crippen LogP contribution is 1.99. The lowest BCUT2D eigenvalue weighted by atomic mass is 10.2. The highest BCUT2D eigenvalue weighted by atomic mass is 16.6. The number of hydroxylamine groups is 1. The Morgan fingerprint density at radius 3 is 2.59 bits per heavy atom. The molecule has 0 saturated heterocycles. The van der Waals surface area contributed by atoms with E-state index in [2.05, 4.69) is 10.5 Å². The first-order valence-corrected chi connectivity index (χ1v) is 5.23. The number of hydrogen-bond acceptors (Lipinski definition) is 3. The molecule has 0 aliphatic heterocycles. The van der Waals surface area contributed by atoms with Gasteiger partial charge in [-0.25, -0.2) is 5.48 Å². The van der Waals surface area contributed by atoms with Gasteiger partial charge in [0.1, 0.15) is 6.61 Å². The third-order valence-corrected chi connectivity index (χ3v) is 2.15. The summed E-state index contributed by atoms with van der Waals surface area (Å²) in [6.45, 7) is 0.249. The second-order valence-electron chi connectivity index (χ2n) is 3.41. The minimum absolute atomic E-state index is 0.249. The summed E-state index contributed by atoms with van der Waals surface area (Å²) in [4.78, 5) is 20.7. The molecule has 1 amide bonds. The number of hydrogen-bond donors (Lipinski definition) is 1. The zero-order valence-electron chi connectivity index (χ0n) is 9.17. The van der Waals surface area contributed by atoms with Crippen LogP contribution in [0, 0.1) is 0 Å². The molecular formula is C13H12N2O2. The Bertz CT molecular complexity index is 471. The maximum absolute atomic E-state index is 11.6. The van der Waals surface area contributed by atoms with Gasteiger partial charge in [-0.2, -0.15) is 0 Å². The molecule has 0 unspecified atom stereocenters. The number of benzene rings is 1. The van der Waals surface area contributed by atoms with Crippen LogP contribution in [-0.4, -0.2) is 10.9 Å². The molecule has 4 nitrogen and oxygen atoms in total. The summed E-state index contributed by atoms with van der Waals surface area (Å²) in [6.07, 6.45) is 1.68. The molecule has 2 aromatic rings. The van der Waals surface area contributed by atoms with Crippen molar-refractivity contribution < 1.29 is 9.63 Å². The Balaban J connectivity index is 1.82. The smallest absolute Gasteiger partial charge is 0.267 e. The zero-order chi connectivity index (χ0) is 11.9. The number of carbonyl (C=O) groups is 1. The summed E-state index contributed by atoms with van der Waals surface area (Å²) < 4.78 is 0. The molecule has 0 radical (unpaired) electrons. The summed E-state index contributed by atoms with van der Waals surface area (Å²) in [5, 5.41) is 0. The van der Waals surface area contributed by atoms with Crippen LogP contribution in [0.5, 0.6) is 0 Å². The average Bonchev–Trinajstić information content (AvgIpc) is 2.41. The predicted molar refractivity (Wildman–Crippen MR) is 62.9 cm³/mol. The van der Waals surface area contributed by atoms with Crippen molar-refractivity contribution in [3.63, 3.8) is 0 Å². The summed E-state index contributed by atoms with van der Waals surface area (Å²) in [5.74, 6) is -0.262. The normalized spacial score (nSPS) is 9.88. The van der Waals surface area contributed by atoms with Gasteiger partial charge in [0.25, 0.3) is 5.91 Å². The highest BCUT2D eigenvalue weighted by Gasteiger charge is 2.03. The lowest BCUT2D eigenvalue weighted by Crippen LogP contribution is -2.23. The number of pyridine rings is 1. The van der Waals surface area contributed by atoms with Gasteiger partial charge >= 0.3 is 0 Å². The molecule has 0 spiro atoms. The van der Waals surface area contributed by atoms with E-state index in [1.165, 1.54) is 0 Å². The fourth-order valence-corrected chi connectivity index (χ4v) is 1.31. The lowest BCUT2D eigenvalue weighted by Gasteiger charge is -2.05. The van der Waals surface area contributed by atoms with Gasteiger partial charge in [0.2, 0.25) is 0 Å². The van der Waals surface area contributed by atoms with E-state index in [0.29, 0.717) is 5.56 Å². The number of nitrogens with zero attached hydrogens (tertiary/aromatic N) is 1. The third kappa shape index (κ3) is 3.39. The molecule has 0 saturated carbocycles. The maximum atomic E-state index is 11.6. The first-order chi connectivity index (χ1) is 8.36. The molecule has 0 atom stereocenters. The number of nitrogens with one attached hydrogen (secondary N) is 1. The van der Waals surface area contributed by atoms with Crippen molar-refractivity contribution in [1.29, 1.82) is 0 Å². The van der Waals surface area contributed by atoms with Gasteiger partial charge in [0, 0.05) is 11.8 Å².